The number of nitrogens with one attached hydrogen (secondary N) is 2. The summed E-state index contributed by atoms with van der Waals surface area (Å²) in [6.45, 7) is 1.16. The number of fused-ring (bicyclic) bond motifs is 1. The number of ether oxygens (including phenoxy) is 1. The van der Waals surface area contributed by atoms with Crippen LogP contribution in [0.3, 0.4) is 0 Å². The number of imidazole rings is 1. The predicted octanol–water partition coefficient (Wildman–Crippen LogP) is -1.78. The quantitative estimate of drug-likeness (QED) is 0.0696. The van der Waals surface area contributed by atoms with Crippen LogP contribution in [0.1, 0.15) is 26.5 Å². The van der Waals surface area contributed by atoms with Gasteiger partial charge in [0.2, 0.25) is 11.8 Å². The highest BCUT2D eigenvalue weighted by Gasteiger charge is 2.46. The van der Waals surface area contributed by atoms with E-state index >= 15 is 0 Å². The minimum Gasteiger partial charge on any atom is -0.387 e. The van der Waals surface area contributed by atoms with Crippen molar-refractivity contribution >= 4 is 57.1 Å². The summed E-state index contributed by atoms with van der Waals surface area (Å²) < 4.78 is 45.3. The molecule has 2 unspecified atom stereocenters. The summed E-state index contributed by atoms with van der Waals surface area (Å²) >= 11 is 3.96. The molecule has 1 fully saturated rings. The van der Waals surface area contributed by atoms with Crippen molar-refractivity contribution in [2.45, 2.75) is 50.9 Å². The van der Waals surface area contributed by atoms with Crippen LogP contribution in [0.2, 0.25) is 0 Å². The summed E-state index contributed by atoms with van der Waals surface area (Å²) in [7, 11) is -10.7. The summed E-state index contributed by atoms with van der Waals surface area (Å²) in [5.41, 5.74) is 4.60. The average molecular weight is 688 g/mol. The van der Waals surface area contributed by atoms with E-state index in [0.29, 0.717) is 12.3 Å². The first-order chi connectivity index (χ1) is 20.5. The lowest BCUT2D eigenvalue weighted by Crippen LogP contribution is -2.46. The minimum atomic E-state index is -5.35. The monoisotopic (exact) mass is 687 g/mol. The number of rotatable bonds is 16. The van der Waals surface area contributed by atoms with Crippen molar-refractivity contribution < 1.29 is 61.9 Å². The Morgan fingerprint density at radius 1 is 1.14 bits per heavy atom. The van der Waals surface area contributed by atoms with Crippen LogP contribution >= 0.6 is 28.3 Å². The van der Waals surface area contributed by atoms with Crippen LogP contribution in [0.5, 0.6) is 0 Å². The lowest BCUT2D eigenvalue weighted by molar-refractivity contribution is -0.137. The number of aliphatic hydroxyl groups is 3. The smallest absolute Gasteiger partial charge is 0.387 e. The maximum atomic E-state index is 12.4. The van der Waals surface area contributed by atoms with Gasteiger partial charge >= 0.3 is 15.6 Å². The Morgan fingerprint density at radius 3 is 2.50 bits per heavy atom. The molecule has 9 N–H and O–H groups in total. The van der Waals surface area contributed by atoms with Gasteiger partial charge in [-0.3, -0.25) is 23.2 Å². The minimum absolute atomic E-state index is 0.0540. The number of hydrogen-bond acceptors (Lipinski definition) is 16. The lowest BCUT2D eigenvalue weighted by Gasteiger charge is -2.30. The second-order valence-corrected chi connectivity index (χ2v) is 13.7. The molecule has 0 radical (unpaired) electrons. The lowest BCUT2D eigenvalue weighted by atomic mass is 9.87. The Balaban J connectivity index is 1.50. The highest BCUT2D eigenvalue weighted by molar-refractivity contribution is 7.80. The Hall–Kier alpha value is -2.26. The highest BCUT2D eigenvalue weighted by atomic mass is 32.1. The van der Waals surface area contributed by atoms with E-state index < -0.39 is 70.8 Å². The van der Waals surface area contributed by atoms with Crippen molar-refractivity contribution in [2.24, 2.45) is 5.41 Å². The fraction of sp³-hybridized carbons (Fsp3) is 0.667. The molecule has 248 valence electrons. The SMILES string of the molecule is CC(C)(COP(=O)(O)OP(=O)(O)OC[C@@H]1O[C@H](n2cnc3c(N)ncnc32)[C@H](O)[C@@H]1O)[C@@H](O)C(=O)NCCC(=O)NCCS. The van der Waals surface area contributed by atoms with E-state index in [2.05, 4.69) is 42.5 Å². The van der Waals surface area contributed by atoms with Crippen LogP contribution < -0.4 is 16.4 Å². The Labute approximate surface area is 255 Å². The first kappa shape index (κ1) is 36.2. The first-order valence-corrected chi connectivity index (χ1v) is 16.5. The van der Waals surface area contributed by atoms with E-state index in [4.69, 9.17) is 19.5 Å². The third kappa shape index (κ3) is 9.38. The molecule has 3 rings (SSSR count). The van der Waals surface area contributed by atoms with Crippen LogP contribution in [0.25, 0.3) is 11.2 Å². The summed E-state index contributed by atoms with van der Waals surface area (Å²) in [5.74, 6) is -0.760. The molecule has 1 aliphatic heterocycles. The largest absolute Gasteiger partial charge is 0.481 e. The van der Waals surface area contributed by atoms with Gasteiger partial charge in [0.05, 0.1) is 19.5 Å². The van der Waals surface area contributed by atoms with Gasteiger partial charge in [-0.05, 0) is 0 Å². The fourth-order valence-corrected chi connectivity index (χ4v) is 6.22. The van der Waals surface area contributed by atoms with Gasteiger partial charge in [-0.25, -0.2) is 24.1 Å². The summed E-state index contributed by atoms with van der Waals surface area (Å²) in [4.78, 5) is 55.7. The molecule has 0 aliphatic carbocycles. The zero-order valence-corrected chi connectivity index (χ0v) is 26.2. The molecule has 2 aromatic rings. The second kappa shape index (κ2) is 14.9. The topological polar surface area (TPSA) is 300 Å². The van der Waals surface area contributed by atoms with Crippen molar-refractivity contribution in [3.63, 3.8) is 0 Å². The maximum Gasteiger partial charge on any atom is 0.481 e. The van der Waals surface area contributed by atoms with Gasteiger partial charge in [-0.15, -0.1) is 0 Å². The molecule has 0 bridgehead atoms. The number of hydrogen-bond donors (Lipinski definition) is 9. The van der Waals surface area contributed by atoms with Gasteiger partial charge in [-0.1, -0.05) is 13.8 Å². The highest BCUT2D eigenvalue weighted by Crippen LogP contribution is 2.61. The van der Waals surface area contributed by atoms with E-state index in [0.717, 1.165) is 6.33 Å². The van der Waals surface area contributed by atoms with Crippen molar-refractivity contribution in [3.05, 3.63) is 12.7 Å². The predicted molar refractivity (Wildman–Crippen MR) is 153 cm³/mol. The van der Waals surface area contributed by atoms with Gasteiger partial charge in [0.1, 0.15) is 36.3 Å². The number of aromatic nitrogens is 4. The van der Waals surface area contributed by atoms with Crippen LogP contribution in [0, 0.1) is 5.41 Å². The Kier molecular flexibility index (Phi) is 12.3. The molecule has 0 spiro atoms. The van der Waals surface area contributed by atoms with Crippen molar-refractivity contribution in [3.8, 4) is 0 Å². The number of anilines is 1. The zero-order chi connectivity index (χ0) is 32.9. The van der Waals surface area contributed by atoms with Crippen molar-refractivity contribution in [1.29, 1.82) is 0 Å². The third-order valence-corrected chi connectivity index (χ3v) is 9.09. The summed E-state index contributed by atoms with van der Waals surface area (Å²) in [6, 6.07) is 0. The van der Waals surface area contributed by atoms with Crippen molar-refractivity contribution in [1.82, 2.24) is 30.2 Å². The number of amides is 2. The molecular formula is C21H35N7O13P2S. The van der Waals surface area contributed by atoms with E-state index in [1.165, 1.54) is 24.7 Å². The molecule has 3 heterocycles. The van der Waals surface area contributed by atoms with Crippen LogP contribution in [-0.4, -0.2) is 113 Å². The van der Waals surface area contributed by atoms with Gasteiger partial charge < -0.3 is 46.2 Å². The first-order valence-electron chi connectivity index (χ1n) is 12.9. The zero-order valence-electron chi connectivity index (χ0n) is 23.5. The molecule has 0 aromatic carbocycles. The number of carbonyl (C=O) groups is 2. The second-order valence-electron chi connectivity index (χ2n) is 10.2. The van der Waals surface area contributed by atoms with Crippen LogP contribution in [0.4, 0.5) is 5.82 Å². The fourth-order valence-electron chi connectivity index (χ4n) is 3.86. The molecule has 20 nitrogen and oxygen atoms in total. The van der Waals surface area contributed by atoms with Gasteiger partial charge in [-0.2, -0.15) is 16.9 Å². The molecule has 44 heavy (non-hydrogen) atoms. The maximum absolute atomic E-state index is 12.4. The Morgan fingerprint density at radius 2 is 1.82 bits per heavy atom. The van der Waals surface area contributed by atoms with E-state index in [9.17, 15) is 43.8 Å². The van der Waals surface area contributed by atoms with Gasteiger partial charge in [0, 0.05) is 30.7 Å². The molecule has 23 heteroatoms. The van der Waals surface area contributed by atoms with E-state index in [-0.39, 0.29) is 35.9 Å². The third-order valence-electron chi connectivity index (χ3n) is 6.28. The molecule has 2 aromatic heterocycles. The van der Waals surface area contributed by atoms with Crippen LogP contribution in [-0.2, 0) is 36.8 Å². The molecule has 1 aliphatic rings. The summed E-state index contributed by atoms with van der Waals surface area (Å²) in [6.07, 6.45) is -5.39. The van der Waals surface area contributed by atoms with Crippen LogP contribution in [0.15, 0.2) is 12.7 Å². The number of phosphoric ester groups is 2. The van der Waals surface area contributed by atoms with Crippen molar-refractivity contribution in [2.75, 3.05) is 37.8 Å². The molecule has 7 atom stereocenters. The molecular weight excluding hydrogens is 652 g/mol. The number of phosphoric acid groups is 2. The Bertz CT molecular complexity index is 1420. The molecule has 0 saturated carbocycles. The summed E-state index contributed by atoms with van der Waals surface area (Å²) in [5, 5.41) is 36.2. The number of carbonyl (C=O) groups excluding carboxylic acids is 2. The number of aliphatic hydroxyl groups excluding tert-OH is 3. The van der Waals surface area contributed by atoms with Gasteiger partial charge in [0.25, 0.3) is 0 Å². The standard InChI is InChI=1S/C21H35N7O13P2S/c1-21(2,16(32)19(33)24-4-3-12(29)23-5-6-44)8-39-43(36,37)41-42(34,35)38-7-11-14(30)15(31)20(40-11)28-10-27-13-17(22)25-9-26-18(13)28/h9-11,14-16,20,30-32,44H,3-8H2,1-2H3,(H,23,29)(H,24,33)(H,34,35)(H,36,37)(H2,22,25,26)/t11-,14+,15+,16-,20-/m0/s1. The van der Waals surface area contributed by atoms with E-state index in [1.807, 2.05) is 0 Å². The average Bonchev–Trinajstić information content (AvgIpc) is 3.50. The molecule has 1 saturated heterocycles. The number of nitrogens with zero attached hydrogens (tertiary/aromatic N) is 4. The van der Waals surface area contributed by atoms with E-state index in [1.54, 1.807) is 0 Å². The number of thiol groups is 1. The normalized spacial score (nSPS) is 24.0. The number of nitrogens with two attached hydrogens (primary N) is 1. The van der Waals surface area contributed by atoms with Gasteiger partial charge in [0.15, 0.2) is 17.7 Å². The number of nitrogen functional groups attached to an aromatic ring is 1. The molecule has 2 amide bonds.